The molecule has 17 heteroatoms. The molecule has 0 bridgehead atoms. The second-order valence-electron chi connectivity index (χ2n) is 22.7. The average molecular weight is 1080 g/mol. The molecule has 0 spiro atoms. The highest BCUT2D eigenvalue weighted by Gasteiger charge is 2.57. The molecule has 0 radical (unpaired) electrons. The first-order valence-corrected chi connectivity index (χ1v) is 30.1. The Labute approximate surface area is 464 Å². The van der Waals surface area contributed by atoms with E-state index in [-0.39, 0.29) is 60.3 Å². The average Bonchev–Trinajstić information content (AvgIpc) is 3.39. The summed E-state index contributed by atoms with van der Waals surface area (Å²) < 4.78 is 0. The monoisotopic (exact) mass is 1080 g/mol. The number of rotatable bonds is 48. The summed E-state index contributed by atoms with van der Waals surface area (Å²) in [7, 11) is 7.81. The molecule has 6 atom stereocenters. The van der Waals surface area contributed by atoms with E-state index in [9.17, 15) is 14.4 Å². The minimum atomic E-state index is -1.17. The predicted molar refractivity (Wildman–Crippen MR) is 316 cm³/mol. The Balaban J connectivity index is 7.82. The first-order valence-electron chi connectivity index (χ1n) is 30.1. The van der Waals surface area contributed by atoms with Crippen LogP contribution in [-0.4, -0.2) is 173 Å². The predicted octanol–water partition coefficient (Wildman–Crippen LogP) is 5.87. The molecule has 17 nitrogen and oxygen atoms in total. The Hall–Kier alpha value is -2.90. The fourth-order valence-electron chi connectivity index (χ4n) is 12.0. The first kappa shape index (κ1) is 73.1. The van der Waals surface area contributed by atoms with Gasteiger partial charge in [-0.3, -0.25) is 34.1 Å². The molecule has 0 fully saturated rings. The summed E-state index contributed by atoms with van der Waals surface area (Å²) in [6.45, 7) is 32.7. The number of carbonyl (C=O) groups excluding carboxylic acids is 6. The van der Waals surface area contributed by atoms with Crippen molar-refractivity contribution in [2.45, 2.75) is 234 Å². The first-order chi connectivity index (χ1) is 35.9. The summed E-state index contributed by atoms with van der Waals surface area (Å²) in [4.78, 5) is 92.9. The molecule has 0 aliphatic heterocycles. The number of ketones is 3. The summed E-state index contributed by atoms with van der Waals surface area (Å²) >= 11 is 0. The van der Waals surface area contributed by atoms with Crippen LogP contribution in [0.25, 0.3) is 0 Å². The van der Waals surface area contributed by atoms with E-state index in [4.69, 9.17) is 5.73 Å². The number of amides is 3. The molecule has 6 unspecified atom stereocenters. The zero-order chi connectivity index (χ0) is 58.2. The Morgan fingerprint density at radius 2 is 1.05 bits per heavy atom. The van der Waals surface area contributed by atoms with Crippen LogP contribution < -0.4 is 48.3 Å². The topological polar surface area (TPSA) is 231 Å². The van der Waals surface area contributed by atoms with Gasteiger partial charge in [-0.1, -0.05) is 115 Å². The molecule has 3 amide bonds. The number of nitrogens with zero attached hydrogens (tertiary/aromatic N) is 2. The minimum Gasteiger partial charge on any atom is -0.356 e. The number of nitrogens with two attached hydrogens (primary N) is 1. The van der Waals surface area contributed by atoms with Crippen molar-refractivity contribution in [2.24, 2.45) is 22.5 Å². The number of Topliss-reactive ketones (excluding diaryl/α,β-unsaturated/α-hetero) is 3. The maximum Gasteiger partial charge on any atom is 0.237 e. The van der Waals surface area contributed by atoms with E-state index in [1.807, 2.05) is 90.5 Å². The van der Waals surface area contributed by atoms with Gasteiger partial charge in [0.2, 0.25) is 17.7 Å². The van der Waals surface area contributed by atoms with Crippen LogP contribution in [0, 0.1) is 16.7 Å². The van der Waals surface area contributed by atoms with Crippen molar-refractivity contribution >= 4 is 35.1 Å². The Morgan fingerprint density at radius 1 is 0.526 bits per heavy atom. The Morgan fingerprint density at radius 3 is 1.53 bits per heavy atom. The number of carbonyl (C=O) groups is 6. The van der Waals surface area contributed by atoms with E-state index < -0.39 is 45.6 Å². The maximum atomic E-state index is 15.9. The molecule has 0 heterocycles. The van der Waals surface area contributed by atoms with Crippen molar-refractivity contribution in [1.29, 1.82) is 0 Å². The van der Waals surface area contributed by atoms with Crippen molar-refractivity contribution in [2.75, 3.05) is 93.6 Å². The van der Waals surface area contributed by atoms with E-state index in [2.05, 4.69) is 80.0 Å². The summed E-state index contributed by atoms with van der Waals surface area (Å²) in [5.74, 6) is -1.60. The van der Waals surface area contributed by atoms with Crippen LogP contribution in [0.4, 0.5) is 0 Å². The van der Waals surface area contributed by atoms with Gasteiger partial charge in [-0.05, 0) is 105 Å². The van der Waals surface area contributed by atoms with Gasteiger partial charge in [-0.25, -0.2) is 0 Å². The molecule has 446 valence electrons. The number of nitrogens with one attached hydrogen (secondary N) is 8. The van der Waals surface area contributed by atoms with Crippen LogP contribution in [0.5, 0.6) is 0 Å². The van der Waals surface area contributed by atoms with Crippen LogP contribution >= 0.6 is 0 Å². The molecule has 0 rings (SSSR count). The van der Waals surface area contributed by atoms with Gasteiger partial charge >= 0.3 is 0 Å². The van der Waals surface area contributed by atoms with Crippen molar-refractivity contribution in [3.63, 3.8) is 0 Å². The molecule has 0 aromatic rings. The lowest BCUT2D eigenvalue weighted by molar-refractivity contribution is -0.143. The van der Waals surface area contributed by atoms with E-state index >= 15 is 14.4 Å². The third kappa shape index (κ3) is 21.3. The number of hydrogen-bond acceptors (Lipinski definition) is 14. The molecule has 0 saturated carbocycles. The quantitative estimate of drug-likeness (QED) is 0.0325. The van der Waals surface area contributed by atoms with Gasteiger partial charge < -0.3 is 52.8 Å². The molecular weight excluding hydrogens is 959 g/mol. The normalized spacial score (nSPS) is 15.9. The van der Waals surface area contributed by atoms with Gasteiger partial charge in [-0.2, -0.15) is 0 Å². The highest BCUT2D eigenvalue weighted by molar-refractivity contribution is 5.97. The van der Waals surface area contributed by atoms with Gasteiger partial charge in [0.15, 0.2) is 11.6 Å². The standard InChI is InChI=1S/C59H119N11O6/c1-18-27-29-30-32-63-50(72)42-46(60)52(74)57(22-5,23-6)56(13,31-20-3)67-48(54(76)65-37-41-70(17)39-35-62-15)43-49(71)55(12,21-4)59(26-9,45(10)11)68-47(44-51(73)64-36-40-69(16)38-34-61-14)53(75)58(24-7,25-8)66-33-28-19-2/h45-48,61-62,66-68H,18-44,60H2,1-17H3,(H,63,72)(H,64,73)(H,65,76). The van der Waals surface area contributed by atoms with Crippen LogP contribution in [0.2, 0.25) is 0 Å². The summed E-state index contributed by atoms with van der Waals surface area (Å²) in [6, 6.07) is -3.10. The second-order valence-corrected chi connectivity index (χ2v) is 22.7. The zero-order valence-electron chi connectivity index (χ0n) is 51.8. The summed E-state index contributed by atoms with van der Waals surface area (Å²) in [5.41, 5.74) is 1.49. The lowest BCUT2D eigenvalue weighted by Crippen LogP contribution is -2.70. The Kier molecular flexibility index (Phi) is 36.4. The number of likely N-dealkylation sites (N-methyl/N-ethyl adjacent to an activating group) is 4. The zero-order valence-corrected chi connectivity index (χ0v) is 51.8. The van der Waals surface area contributed by atoms with Gasteiger partial charge in [0.05, 0.1) is 23.7 Å². The van der Waals surface area contributed by atoms with E-state index in [0.29, 0.717) is 90.6 Å². The number of hydrogen-bond donors (Lipinski definition) is 9. The van der Waals surface area contributed by atoms with Crippen molar-refractivity contribution in [3.05, 3.63) is 0 Å². The van der Waals surface area contributed by atoms with E-state index in [1.54, 1.807) is 0 Å². The van der Waals surface area contributed by atoms with E-state index in [1.165, 1.54) is 0 Å². The van der Waals surface area contributed by atoms with Gasteiger partial charge in [-0.15, -0.1) is 0 Å². The van der Waals surface area contributed by atoms with Crippen LogP contribution in [-0.2, 0) is 28.8 Å². The second kappa shape index (κ2) is 37.9. The molecule has 0 aromatic heterocycles. The van der Waals surface area contributed by atoms with Gasteiger partial charge in [0.25, 0.3) is 0 Å². The van der Waals surface area contributed by atoms with Gasteiger partial charge in [0.1, 0.15) is 5.78 Å². The molecule has 0 aliphatic carbocycles. The molecule has 0 aliphatic rings. The SMILES string of the molecule is CCCCCCNC(=O)CC(N)C(=O)C(CC)(CC)C(C)(CCC)NC(CC(=O)C(C)(CC)C(CC)(NC(CC(=O)NCCN(C)CCNC)C(=O)C(CC)(CC)NCCCC)C(C)C)C(=O)NCCN(C)CCNC. The smallest absolute Gasteiger partial charge is 0.237 e. The number of unbranched alkanes of at least 4 members (excludes halogenated alkanes) is 4. The maximum absolute atomic E-state index is 15.9. The molecule has 0 saturated heterocycles. The minimum absolute atomic E-state index is 0.101. The third-order valence-electron chi connectivity index (χ3n) is 17.5. The third-order valence-corrected chi connectivity index (χ3v) is 17.5. The van der Waals surface area contributed by atoms with Crippen molar-refractivity contribution in [1.82, 2.24) is 52.3 Å². The lowest BCUT2D eigenvalue weighted by Gasteiger charge is -2.54. The van der Waals surface area contributed by atoms with Gasteiger partial charge in [0, 0.05) is 100 Å². The fourth-order valence-corrected chi connectivity index (χ4v) is 12.0. The van der Waals surface area contributed by atoms with Crippen LogP contribution in [0.15, 0.2) is 0 Å². The van der Waals surface area contributed by atoms with Crippen LogP contribution in [0.1, 0.15) is 199 Å². The van der Waals surface area contributed by atoms with Crippen molar-refractivity contribution < 1.29 is 28.8 Å². The van der Waals surface area contributed by atoms with Crippen molar-refractivity contribution in [3.8, 4) is 0 Å². The molecular formula is C59H119N11O6. The summed E-state index contributed by atoms with van der Waals surface area (Å²) in [5, 5.41) is 26.7. The molecule has 76 heavy (non-hydrogen) atoms. The molecule has 10 N–H and O–H groups in total. The highest BCUT2D eigenvalue weighted by Crippen LogP contribution is 2.47. The van der Waals surface area contributed by atoms with E-state index in [0.717, 1.165) is 64.7 Å². The largest absolute Gasteiger partial charge is 0.356 e. The van der Waals surface area contributed by atoms with Crippen LogP contribution in [0.3, 0.4) is 0 Å². The highest BCUT2D eigenvalue weighted by atomic mass is 16.2. The lowest BCUT2D eigenvalue weighted by atomic mass is 9.58. The Bertz CT molecular complexity index is 1680. The fraction of sp³-hybridized carbons (Fsp3) is 0.898. The molecule has 0 aromatic carbocycles. The summed E-state index contributed by atoms with van der Waals surface area (Å²) in [6.07, 6.45) is 9.20.